The zero-order chi connectivity index (χ0) is 14.7. The summed E-state index contributed by atoms with van der Waals surface area (Å²) in [5, 5.41) is 10.8. The largest absolute Gasteiger partial charge is 0.415 e. The predicted octanol–water partition coefficient (Wildman–Crippen LogP) is 1.75. The highest BCUT2D eigenvalue weighted by Crippen LogP contribution is 2.25. The van der Waals surface area contributed by atoms with E-state index in [0.29, 0.717) is 11.1 Å². The van der Waals surface area contributed by atoms with E-state index in [4.69, 9.17) is 10.2 Å². The van der Waals surface area contributed by atoms with Gasteiger partial charge in [-0.1, -0.05) is 17.8 Å². The molecule has 0 radical (unpaired) electrons. The molecule has 1 amide bonds. The smallest absolute Gasteiger partial charge is 0.277 e. The van der Waals surface area contributed by atoms with Crippen LogP contribution in [0.3, 0.4) is 0 Å². The van der Waals surface area contributed by atoms with Crippen LogP contribution < -0.4 is 11.1 Å². The standard InChI is InChI=1S/C14H16N4O2S/c15-7-13-17-18-14(20-13)21-8-12(19)16-11-5-4-9-2-1-3-10(9)6-11/h4-6H,1-3,7-8,15H2,(H,16,19). The zero-order valence-corrected chi connectivity index (χ0v) is 12.3. The Kier molecular flexibility index (Phi) is 4.21. The summed E-state index contributed by atoms with van der Waals surface area (Å²) in [6.07, 6.45) is 3.43. The maximum Gasteiger partial charge on any atom is 0.277 e. The van der Waals surface area contributed by atoms with Crippen molar-refractivity contribution in [1.29, 1.82) is 0 Å². The van der Waals surface area contributed by atoms with E-state index in [0.717, 1.165) is 18.5 Å². The van der Waals surface area contributed by atoms with Gasteiger partial charge in [0.25, 0.3) is 5.22 Å². The van der Waals surface area contributed by atoms with E-state index in [-0.39, 0.29) is 18.2 Å². The molecule has 110 valence electrons. The van der Waals surface area contributed by atoms with Crippen molar-refractivity contribution in [2.75, 3.05) is 11.1 Å². The number of nitrogens with two attached hydrogens (primary N) is 1. The number of rotatable bonds is 5. The normalized spacial score (nSPS) is 13.2. The quantitative estimate of drug-likeness (QED) is 0.817. The van der Waals surface area contributed by atoms with Gasteiger partial charge in [0.15, 0.2) is 0 Å². The van der Waals surface area contributed by atoms with E-state index in [1.807, 2.05) is 6.07 Å². The lowest BCUT2D eigenvalue weighted by Gasteiger charge is -2.06. The highest BCUT2D eigenvalue weighted by atomic mass is 32.2. The number of carbonyl (C=O) groups is 1. The van der Waals surface area contributed by atoms with Crippen molar-refractivity contribution in [3.05, 3.63) is 35.2 Å². The van der Waals surface area contributed by atoms with Gasteiger partial charge in [0, 0.05) is 5.69 Å². The minimum Gasteiger partial charge on any atom is -0.415 e. The van der Waals surface area contributed by atoms with E-state index in [1.165, 1.54) is 29.3 Å². The summed E-state index contributed by atoms with van der Waals surface area (Å²) < 4.78 is 5.23. The first-order chi connectivity index (χ1) is 10.2. The number of amides is 1. The van der Waals surface area contributed by atoms with E-state index >= 15 is 0 Å². The SMILES string of the molecule is NCc1nnc(SCC(=O)Nc2ccc3c(c2)CCC3)o1. The zero-order valence-electron chi connectivity index (χ0n) is 11.5. The number of thioether (sulfide) groups is 1. The van der Waals surface area contributed by atoms with E-state index in [2.05, 4.69) is 27.6 Å². The molecular weight excluding hydrogens is 288 g/mol. The Hall–Kier alpha value is -1.86. The van der Waals surface area contributed by atoms with Crippen LogP contribution in [0.2, 0.25) is 0 Å². The molecule has 1 aliphatic rings. The maximum absolute atomic E-state index is 11.9. The van der Waals surface area contributed by atoms with Crippen LogP contribution in [0.1, 0.15) is 23.4 Å². The summed E-state index contributed by atoms with van der Waals surface area (Å²) in [7, 11) is 0. The molecule has 21 heavy (non-hydrogen) atoms. The van der Waals surface area contributed by atoms with Crippen molar-refractivity contribution in [1.82, 2.24) is 10.2 Å². The van der Waals surface area contributed by atoms with Gasteiger partial charge in [-0.3, -0.25) is 4.79 Å². The molecule has 0 saturated carbocycles. The number of aromatic nitrogens is 2. The first-order valence-electron chi connectivity index (χ1n) is 6.81. The third-order valence-electron chi connectivity index (χ3n) is 3.33. The Morgan fingerprint density at radius 1 is 1.33 bits per heavy atom. The van der Waals surface area contributed by atoms with Crippen LogP contribution in [-0.2, 0) is 24.2 Å². The number of hydrogen-bond donors (Lipinski definition) is 2. The fourth-order valence-electron chi connectivity index (χ4n) is 2.35. The van der Waals surface area contributed by atoms with E-state index in [1.54, 1.807) is 0 Å². The van der Waals surface area contributed by atoms with Crippen LogP contribution in [-0.4, -0.2) is 21.9 Å². The van der Waals surface area contributed by atoms with Crippen molar-refractivity contribution < 1.29 is 9.21 Å². The lowest BCUT2D eigenvalue weighted by atomic mass is 10.1. The molecule has 7 heteroatoms. The summed E-state index contributed by atoms with van der Waals surface area (Å²) in [5.41, 5.74) is 8.95. The summed E-state index contributed by atoms with van der Waals surface area (Å²) in [6.45, 7) is 0.203. The second-order valence-electron chi connectivity index (χ2n) is 4.84. The number of carbonyl (C=O) groups excluding carboxylic acids is 1. The topological polar surface area (TPSA) is 94.0 Å². The van der Waals surface area contributed by atoms with Gasteiger partial charge < -0.3 is 15.5 Å². The third kappa shape index (κ3) is 3.43. The van der Waals surface area contributed by atoms with Crippen LogP contribution in [0, 0.1) is 0 Å². The molecule has 0 unspecified atom stereocenters. The molecule has 0 bridgehead atoms. The predicted molar refractivity (Wildman–Crippen MR) is 80.0 cm³/mol. The van der Waals surface area contributed by atoms with Crippen LogP contribution >= 0.6 is 11.8 Å². The molecule has 1 heterocycles. The summed E-state index contributed by atoms with van der Waals surface area (Å²) in [4.78, 5) is 11.9. The molecule has 1 aromatic carbocycles. The van der Waals surface area contributed by atoms with E-state index < -0.39 is 0 Å². The summed E-state index contributed by atoms with van der Waals surface area (Å²) in [5.74, 6) is 0.505. The minimum atomic E-state index is -0.0922. The fourth-order valence-corrected chi connectivity index (χ4v) is 2.93. The summed E-state index contributed by atoms with van der Waals surface area (Å²) >= 11 is 1.20. The number of hydrogen-bond acceptors (Lipinski definition) is 6. The number of fused-ring (bicyclic) bond motifs is 1. The van der Waals surface area contributed by atoms with Crippen molar-refractivity contribution in [3.63, 3.8) is 0 Å². The highest BCUT2D eigenvalue weighted by molar-refractivity contribution is 7.99. The third-order valence-corrected chi connectivity index (χ3v) is 4.15. The molecule has 3 N–H and O–H groups in total. The lowest BCUT2D eigenvalue weighted by molar-refractivity contribution is -0.113. The number of nitrogens with zero attached hydrogens (tertiary/aromatic N) is 2. The van der Waals surface area contributed by atoms with Gasteiger partial charge >= 0.3 is 0 Å². The van der Waals surface area contributed by atoms with Crippen molar-refractivity contribution in [2.45, 2.75) is 31.0 Å². The van der Waals surface area contributed by atoms with Crippen LogP contribution in [0.4, 0.5) is 5.69 Å². The van der Waals surface area contributed by atoms with Gasteiger partial charge in [-0.15, -0.1) is 10.2 Å². The molecule has 0 saturated heterocycles. The molecule has 0 aliphatic heterocycles. The molecule has 3 rings (SSSR count). The highest BCUT2D eigenvalue weighted by Gasteiger charge is 2.13. The van der Waals surface area contributed by atoms with Crippen molar-refractivity contribution >= 4 is 23.4 Å². The Labute approximate surface area is 126 Å². The van der Waals surface area contributed by atoms with Gasteiger partial charge in [0.1, 0.15) is 0 Å². The van der Waals surface area contributed by atoms with Crippen molar-refractivity contribution in [3.8, 4) is 0 Å². The first-order valence-corrected chi connectivity index (χ1v) is 7.80. The van der Waals surface area contributed by atoms with Gasteiger partial charge in [-0.05, 0) is 42.5 Å². The van der Waals surface area contributed by atoms with Crippen LogP contribution in [0.15, 0.2) is 27.8 Å². The van der Waals surface area contributed by atoms with Gasteiger partial charge in [-0.2, -0.15) is 0 Å². The van der Waals surface area contributed by atoms with Crippen LogP contribution in [0.5, 0.6) is 0 Å². The molecule has 1 aliphatic carbocycles. The second-order valence-corrected chi connectivity index (χ2v) is 5.77. The Morgan fingerprint density at radius 3 is 3.00 bits per heavy atom. The molecule has 1 aromatic heterocycles. The Bertz CT molecular complexity index is 656. The van der Waals surface area contributed by atoms with Gasteiger partial charge in [0.05, 0.1) is 12.3 Å². The molecule has 6 nitrogen and oxygen atoms in total. The second kappa shape index (κ2) is 6.28. The monoisotopic (exact) mass is 304 g/mol. The van der Waals surface area contributed by atoms with Gasteiger partial charge in [0.2, 0.25) is 11.8 Å². The lowest BCUT2D eigenvalue weighted by Crippen LogP contribution is -2.14. The Morgan fingerprint density at radius 2 is 2.19 bits per heavy atom. The maximum atomic E-state index is 11.9. The first kappa shape index (κ1) is 14.1. The van der Waals surface area contributed by atoms with Crippen LogP contribution in [0.25, 0.3) is 0 Å². The molecular formula is C14H16N4O2S. The number of anilines is 1. The van der Waals surface area contributed by atoms with E-state index in [9.17, 15) is 4.79 Å². The molecule has 2 aromatic rings. The molecule has 0 atom stereocenters. The summed E-state index contributed by atoms with van der Waals surface area (Å²) in [6, 6.07) is 6.10. The molecule has 0 fully saturated rings. The fraction of sp³-hybridized carbons (Fsp3) is 0.357. The van der Waals surface area contributed by atoms with Crippen molar-refractivity contribution in [2.24, 2.45) is 5.73 Å². The average Bonchev–Trinajstić information content (AvgIpc) is 3.13. The minimum absolute atomic E-state index is 0.0922. The van der Waals surface area contributed by atoms with Gasteiger partial charge in [-0.25, -0.2) is 0 Å². The molecule has 0 spiro atoms. The average molecular weight is 304 g/mol. The number of benzene rings is 1. The number of aryl methyl sites for hydroxylation is 2. The Balaban J connectivity index is 1.54. The number of nitrogens with one attached hydrogen (secondary N) is 1.